The van der Waals surface area contributed by atoms with Gasteiger partial charge in [-0.15, -0.1) is 0 Å². The molecule has 2 heterocycles. The minimum absolute atomic E-state index is 0.617. The summed E-state index contributed by atoms with van der Waals surface area (Å²) in [6.45, 7) is 1.88. The molecule has 0 spiro atoms. The van der Waals surface area contributed by atoms with Gasteiger partial charge >= 0.3 is 5.97 Å². The Morgan fingerprint density at radius 1 is 0.895 bits per heavy atom. The van der Waals surface area contributed by atoms with Crippen LogP contribution in [0.1, 0.15) is 24.1 Å². The number of anilines is 2. The quantitative estimate of drug-likeness (QED) is 0.226. The molecule has 2 aromatic heterocycles. The van der Waals surface area contributed by atoms with Crippen LogP contribution < -0.4 is 5.32 Å². The molecule has 1 aliphatic carbocycles. The highest BCUT2D eigenvalue weighted by Crippen LogP contribution is 2.48. The smallest absolute Gasteiger partial charge is 0.314 e. The lowest BCUT2D eigenvalue weighted by molar-refractivity contribution is -0.140. The third kappa shape index (κ3) is 4.33. The van der Waals surface area contributed by atoms with Gasteiger partial charge in [0.2, 0.25) is 0 Å². The number of hydrogen-bond acceptors (Lipinski definition) is 5. The number of carboxylic acids is 1. The van der Waals surface area contributed by atoms with Crippen molar-refractivity contribution in [2.45, 2.75) is 25.2 Å². The Balaban J connectivity index is 1.25. The molecule has 0 atom stereocenters. The SMILES string of the molecule is Cc1noc(-c2ccc(-c3ccc(C4(C(=O)O)CC4)cc3)cc2)c1Nc1cccc(-c2ccccc2Cl)n1. The molecule has 0 bridgehead atoms. The Kier molecular flexibility index (Phi) is 5.97. The number of nitrogens with zero attached hydrogens (tertiary/aromatic N) is 2. The van der Waals surface area contributed by atoms with Gasteiger partial charge in [-0.25, -0.2) is 4.98 Å². The number of halogens is 1. The van der Waals surface area contributed by atoms with E-state index in [1.54, 1.807) is 0 Å². The predicted molar refractivity (Wildman–Crippen MR) is 149 cm³/mol. The number of carbonyl (C=O) groups is 1. The van der Waals surface area contributed by atoms with Gasteiger partial charge in [-0.3, -0.25) is 4.79 Å². The second kappa shape index (κ2) is 9.47. The summed E-state index contributed by atoms with van der Waals surface area (Å²) in [4.78, 5) is 16.4. The third-order valence-electron chi connectivity index (χ3n) is 7.09. The summed E-state index contributed by atoms with van der Waals surface area (Å²) < 4.78 is 5.70. The summed E-state index contributed by atoms with van der Waals surface area (Å²) in [5.41, 5.74) is 6.18. The van der Waals surface area contributed by atoms with Crippen LogP contribution in [-0.4, -0.2) is 21.2 Å². The molecule has 1 aliphatic rings. The maximum absolute atomic E-state index is 11.6. The summed E-state index contributed by atoms with van der Waals surface area (Å²) in [5, 5.41) is 17.7. The number of hydrogen-bond donors (Lipinski definition) is 2. The standard InChI is InChI=1S/C31H24ClN3O3/c1-19-28(34-27-8-4-7-26(33-27)24-5-2-3-6-25(24)32)29(38-35-19)22-11-9-20(10-12-22)21-13-15-23(16-14-21)31(17-18-31)30(36)37/h2-16H,17-18H2,1H3,(H,33,34)(H,36,37). The van der Waals surface area contributed by atoms with E-state index in [1.807, 2.05) is 97.9 Å². The Morgan fingerprint density at radius 2 is 1.55 bits per heavy atom. The third-order valence-corrected chi connectivity index (χ3v) is 7.42. The predicted octanol–water partition coefficient (Wildman–Crippen LogP) is 7.89. The summed E-state index contributed by atoms with van der Waals surface area (Å²) in [7, 11) is 0. The molecule has 6 rings (SSSR count). The fraction of sp³-hybridized carbons (Fsp3) is 0.129. The van der Waals surface area contributed by atoms with E-state index in [2.05, 4.69) is 10.5 Å². The molecule has 0 amide bonds. The van der Waals surface area contributed by atoms with Crippen molar-refractivity contribution in [3.8, 4) is 33.7 Å². The number of aliphatic carboxylic acids is 1. The summed E-state index contributed by atoms with van der Waals surface area (Å²) in [5.74, 6) is 0.528. The average Bonchev–Trinajstić information content (AvgIpc) is 3.69. The van der Waals surface area contributed by atoms with Crippen LogP contribution >= 0.6 is 11.6 Å². The van der Waals surface area contributed by atoms with Crippen LogP contribution in [0.5, 0.6) is 0 Å². The number of benzene rings is 3. The van der Waals surface area contributed by atoms with Gasteiger partial charge in [0.15, 0.2) is 5.76 Å². The topological polar surface area (TPSA) is 88.2 Å². The van der Waals surface area contributed by atoms with Crippen LogP contribution in [0, 0.1) is 6.92 Å². The van der Waals surface area contributed by atoms with Crippen LogP contribution in [-0.2, 0) is 10.2 Å². The van der Waals surface area contributed by atoms with Gasteiger partial charge in [0, 0.05) is 16.1 Å². The molecule has 0 unspecified atom stereocenters. The average molecular weight is 522 g/mol. The van der Waals surface area contributed by atoms with E-state index in [4.69, 9.17) is 21.1 Å². The second-order valence-electron chi connectivity index (χ2n) is 9.53. The number of rotatable bonds is 7. The molecular formula is C31H24ClN3O3. The maximum Gasteiger partial charge on any atom is 0.314 e. The molecule has 2 N–H and O–H groups in total. The normalized spacial score (nSPS) is 13.7. The van der Waals surface area contributed by atoms with Gasteiger partial charge in [-0.05, 0) is 54.7 Å². The van der Waals surface area contributed by atoms with Gasteiger partial charge in [-0.1, -0.05) is 89.6 Å². The first-order chi connectivity index (χ1) is 18.4. The Morgan fingerprint density at radius 3 is 2.21 bits per heavy atom. The van der Waals surface area contributed by atoms with Crippen molar-refractivity contribution >= 4 is 29.1 Å². The van der Waals surface area contributed by atoms with Gasteiger partial charge in [0.1, 0.15) is 17.2 Å². The van der Waals surface area contributed by atoms with Crippen molar-refractivity contribution < 1.29 is 14.4 Å². The molecule has 7 heteroatoms. The van der Waals surface area contributed by atoms with Crippen molar-refractivity contribution in [1.29, 1.82) is 0 Å². The van der Waals surface area contributed by atoms with Crippen molar-refractivity contribution in [3.63, 3.8) is 0 Å². The van der Waals surface area contributed by atoms with Gasteiger partial charge in [-0.2, -0.15) is 0 Å². The Labute approximate surface area is 224 Å². The van der Waals surface area contributed by atoms with E-state index in [-0.39, 0.29) is 0 Å². The zero-order valence-electron chi connectivity index (χ0n) is 20.6. The first kappa shape index (κ1) is 23.9. The summed E-state index contributed by atoms with van der Waals surface area (Å²) in [6.07, 6.45) is 1.40. The van der Waals surface area contributed by atoms with Gasteiger partial charge in [0.25, 0.3) is 0 Å². The number of carboxylic acid groups (broad SMARTS) is 1. The first-order valence-corrected chi connectivity index (χ1v) is 12.7. The molecule has 1 fully saturated rings. The second-order valence-corrected chi connectivity index (χ2v) is 9.93. The van der Waals surface area contributed by atoms with Crippen LogP contribution in [0.4, 0.5) is 11.5 Å². The highest BCUT2D eigenvalue weighted by molar-refractivity contribution is 6.33. The zero-order valence-corrected chi connectivity index (χ0v) is 21.4. The Hall–Kier alpha value is -4.42. The van der Waals surface area contributed by atoms with Crippen molar-refractivity contribution in [2.75, 3.05) is 5.32 Å². The molecule has 0 radical (unpaired) electrons. The van der Waals surface area contributed by atoms with Crippen LogP contribution in [0.15, 0.2) is 95.5 Å². The highest BCUT2D eigenvalue weighted by atomic mass is 35.5. The Bertz CT molecular complexity index is 1640. The lowest BCUT2D eigenvalue weighted by atomic mass is 9.93. The van der Waals surface area contributed by atoms with E-state index >= 15 is 0 Å². The molecule has 3 aromatic carbocycles. The van der Waals surface area contributed by atoms with Crippen LogP contribution in [0.25, 0.3) is 33.7 Å². The lowest BCUT2D eigenvalue weighted by Crippen LogP contribution is -2.19. The first-order valence-electron chi connectivity index (χ1n) is 12.3. The van der Waals surface area contributed by atoms with Crippen LogP contribution in [0.3, 0.4) is 0 Å². The minimum Gasteiger partial charge on any atom is -0.481 e. The van der Waals surface area contributed by atoms with E-state index in [0.29, 0.717) is 29.4 Å². The fourth-order valence-corrected chi connectivity index (χ4v) is 4.94. The van der Waals surface area contributed by atoms with Gasteiger partial charge < -0.3 is 14.9 Å². The largest absolute Gasteiger partial charge is 0.481 e. The van der Waals surface area contributed by atoms with Crippen molar-refractivity contribution in [3.05, 3.63) is 107 Å². The number of nitrogens with one attached hydrogen (secondary N) is 1. The molecule has 5 aromatic rings. The van der Waals surface area contributed by atoms with E-state index in [1.165, 1.54) is 0 Å². The molecule has 38 heavy (non-hydrogen) atoms. The van der Waals surface area contributed by atoms with Gasteiger partial charge in [0.05, 0.1) is 11.1 Å². The maximum atomic E-state index is 11.6. The number of aryl methyl sites for hydroxylation is 1. The van der Waals surface area contributed by atoms with Crippen LogP contribution in [0.2, 0.25) is 5.02 Å². The summed E-state index contributed by atoms with van der Waals surface area (Å²) >= 11 is 6.38. The zero-order chi connectivity index (χ0) is 26.3. The van der Waals surface area contributed by atoms with E-state index < -0.39 is 11.4 Å². The van der Waals surface area contributed by atoms with E-state index in [0.717, 1.165) is 44.9 Å². The molecule has 6 nitrogen and oxygen atoms in total. The minimum atomic E-state index is -0.743. The molecule has 0 aliphatic heterocycles. The van der Waals surface area contributed by atoms with E-state index in [9.17, 15) is 9.90 Å². The molecule has 0 saturated heterocycles. The van der Waals surface area contributed by atoms with Crippen molar-refractivity contribution in [1.82, 2.24) is 10.1 Å². The fourth-order valence-electron chi connectivity index (χ4n) is 4.71. The number of aromatic nitrogens is 2. The monoisotopic (exact) mass is 521 g/mol. The molecule has 188 valence electrons. The molecular weight excluding hydrogens is 498 g/mol. The van der Waals surface area contributed by atoms with Crippen molar-refractivity contribution in [2.24, 2.45) is 0 Å². The molecule has 1 saturated carbocycles. The summed E-state index contributed by atoms with van der Waals surface area (Å²) in [6, 6.07) is 29.2. The highest BCUT2D eigenvalue weighted by Gasteiger charge is 2.51. The lowest BCUT2D eigenvalue weighted by Gasteiger charge is -2.11. The number of pyridine rings is 1.